The molecule has 25 nitrogen and oxygen atoms in total. The van der Waals surface area contributed by atoms with Crippen LogP contribution in [-0.4, -0.2) is 131 Å². The predicted octanol–water partition coefficient (Wildman–Crippen LogP) is 4.94. The molecule has 2 bridgehead atoms. The molecular formula is C41H52N11O14P2SSi+. The highest BCUT2D eigenvalue weighted by Crippen LogP contribution is 2.59. The van der Waals surface area contributed by atoms with Gasteiger partial charge in [0, 0.05) is 16.0 Å². The minimum atomic E-state index is -4.80. The molecule has 8 rings (SSSR count). The van der Waals surface area contributed by atoms with Gasteiger partial charge in [0.05, 0.1) is 62.9 Å². The molecular weight excluding hydrogens is 993 g/mol. The number of imidazole rings is 2. The van der Waals surface area contributed by atoms with Gasteiger partial charge in [0.15, 0.2) is 48.8 Å². The van der Waals surface area contributed by atoms with Crippen LogP contribution in [0.15, 0.2) is 54.1 Å². The van der Waals surface area contributed by atoms with E-state index in [9.17, 15) is 34.2 Å². The number of amides is 2. The number of thioether (sulfide) groups is 1. The van der Waals surface area contributed by atoms with Crippen LogP contribution in [0.1, 0.15) is 63.0 Å². The quantitative estimate of drug-likeness (QED) is 0.0415. The molecule has 1 aromatic carbocycles. The van der Waals surface area contributed by atoms with Gasteiger partial charge in [0.2, 0.25) is 11.9 Å². The topological polar surface area (TPSA) is 328 Å². The summed E-state index contributed by atoms with van der Waals surface area (Å²) >= 11 is 1.12. The summed E-state index contributed by atoms with van der Waals surface area (Å²) in [5.74, 6) is -1.34. The third-order valence-corrected chi connectivity index (χ3v) is 20.3. The first-order valence-corrected chi connectivity index (χ1v) is 28.4. The number of phosphoric acid groups is 1. The number of rotatable bonds is 19. The van der Waals surface area contributed by atoms with Crippen molar-refractivity contribution < 1.29 is 60.7 Å². The molecule has 2 amide bonds. The van der Waals surface area contributed by atoms with E-state index in [0.717, 1.165) is 11.8 Å². The highest BCUT2D eigenvalue weighted by atomic mass is 32.2. The Morgan fingerprint density at radius 3 is 2.50 bits per heavy atom. The zero-order valence-electron chi connectivity index (χ0n) is 38.9. The summed E-state index contributed by atoms with van der Waals surface area (Å²) in [6.07, 6.45) is -2.10. The predicted molar refractivity (Wildman–Crippen MR) is 253 cm³/mol. The number of nitriles is 1. The van der Waals surface area contributed by atoms with Crippen molar-refractivity contribution >= 4 is 82.1 Å². The summed E-state index contributed by atoms with van der Waals surface area (Å²) in [6, 6.07) is 10.4. The maximum Gasteiger partial charge on any atom is 0.695 e. The molecule has 7 heterocycles. The van der Waals surface area contributed by atoms with Gasteiger partial charge in [0.25, 0.3) is 11.5 Å². The van der Waals surface area contributed by atoms with Crippen LogP contribution in [0.25, 0.3) is 22.3 Å². The molecule has 3 aliphatic rings. The van der Waals surface area contributed by atoms with E-state index in [-0.39, 0.29) is 47.1 Å². The third-order valence-electron chi connectivity index (χ3n) is 12.5. The number of carbonyl (C=O) groups excluding carboxylic acids is 2. The molecule has 0 radical (unpaired) electrons. The maximum absolute atomic E-state index is 15.0. The maximum atomic E-state index is 15.0. The minimum absolute atomic E-state index is 0.00872. The number of hydrogen-bond donors (Lipinski definition) is 5. The van der Waals surface area contributed by atoms with Gasteiger partial charge >= 0.3 is 16.1 Å². The number of carbonyl (C=O) groups is 2. The standard InChI is InChI=1S/C41H51N11O14P2SSi/c1-22(2)34(54)49-39-48-33-26(36(56)50-39)46-21-52(33)38-28(64-67(57)58)27(66-70(6,7)40(3,4)5)24(69-38)16-62-68(59,61-15-11-14-42)65-30-29-37(63-41(30,17-53)18-60-29)51-20-45-25-31(43-19-44-32(25)51)47-35(55)23-12-9-8-10-13-23/h8-10,12-13,19-22,24,27-30,37-38,53H,11,15-18H2,1-7H3,(H3-,43,44,47,48,49,50,54,55,56,57,58)/p+1/t24-,27-,28-,29-,30+,37-,38-,41+,68?/m1/s1. The Hall–Kier alpha value is -4.91. The number of aliphatic hydroxyl groups excluding tert-OH is 1. The fraction of sp³-hybridized carbons (Fsp3) is 0.537. The molecule has 5 aromatic rings. The van der Waals surface area contributed by atoms with Crippen molar-refractivity contribution in [2.45, 2.75) is 106 Å². The molecule has 4 aromatic heterocycles. The van der Waals surface area contributed by atoms with Gasteiger partial charge < -0.3 is 24.3 Å². The van der Waals surface area contributed by atoms with Crippen LogP contribution in [0.2, 0.25) is 18.1 Å². The summed E-state index contributed by atoms with van der Waals surface area (Å²) in [4.78, 5) is 73.5. The van der Waals surface area contributed by atoms with Crippen molar-refractivity contribution in [3.8, 4) is 6.07 Å². The van der Waals surface area contributed by atoms with Crippen LogP contribution in [0, 0.1) is 17.2 Å². The van der Waals surface area contributed by atoms with E-state index >= 15 is 4.57 Å². The van der Waals surface area contributed by atoms with E-state index in [2.05, 4.69) is 40.5 Å². The van der Waals surface area contributed by atoms with Gasteiger partial charge in [-0.3, -0.25) is 47.4 Å². The van der Waals surface area contributed by atoms with Gasteiger partial charge in [-0.15, -0.1) is 21.2 Å². The number of nitrogens with one attached hydrogen (secondary N) is 3. The Bertz CT molecular complexity index is 2930. The molecule has 0 saturated carbocycles. The van der Waals surface area contributed by atoms with Crippen LogP contribution in [-0.2, 0) is 45.9 Å². The van der Waals surface area contributed by atoms with Crippen molar-refractivity contribution in [1.82, 2.24) is 39.0 Å². The zero-order chi connectivity index (χ0) is 50.3. The van der Waals surface area contributed by atoms with Gasteiger partial charge in [0.1, 0.15) is 29.5 Å². The molecule has 0 aliphatic carbocycles. The molecule has 3 saturated heterocycles. The minimum Gasteiger partial charge on any atom is -0.410 e. The smallest absolute Gasteiger partial charge is 0.410 e. The molecule has 3 aliphatic heterocycles. The average molecular weight is 1050 g/mol. The second-order valence-electron chi connectivity index (χ2n) is 18.5. The van der Waals surface area contributed by atoms with Crippen molar-refractivity contribution in [2.75, 3.05) is 37.1 Å². The van der Waals surface area contributed by atoms with Gasteiger partial charge in [-0.2, -0.15) is 10.2 Å². The van der Waals surface area contributed by atoms with Crippen LogP contribution < -0.4 is 16.2 Å². The van der Waals surface area contributed by atoms with Crippen molar-refractivity contribution in [3.05, 3.63) is 65.2 Å². The lowest BCUT2D eigenvalue weighted by Crippen LogP contribution is -2.50. The summed E-state index contributed by atoms with van der Waals surface area (Å²) < 4.78 is 74.1. The Morgan fingerprint density at radius 2 is 1.81 bits per heavy atom. The fourth-order valence-corrected chi connectivity index (χ4v) is 12.8. The number of nitrogens with zero attached hydrogens (tertiary/aromatic N) is 8. The normalized spacial score (nSPS) is 25.6. The average Bonchev–Trinajstić information content (AvgIpc) is 4.14. The molecule has 374 valence electrons. The van der Waals surface area contributed by atoms with E-state index in [1.807, 2.05) is 39.9 Å². The Balaban J connectivity index is 1.10. The number of ether oxygens (including phenoxy) is 2. The van der Waals surface area contributed by atoms with Crippen LogP contribution in [0.3, 0.4) is 0 Å². The Kier molecular flexibility index (Phi) is 14.9. The number of aromatic nitrogens is 8. The van der Waals surface area contributed by atoms with E-state index in [0.29, 0.717) is 5.56 Å². The number of aliphatic hydroxyl groups is 1. The number of aromatic amines is 1. The second-order valence-corrected chi connectivity index (χ2v) is 26.9. The van der Waals surface area contributed by atoms with Crippen molar-refractivity contribution in [2.24, 2.45) is 5.92 Å². The monoisotopic (exact) mass is 1040 g/mol. The summed E-state index contributed by atoms with van der Waals surface area (Å²) in [6.45, 7) is 11.5. The molecule has 10 atom stereocenters. The van der Waals surface area contributed by atoms with Gasteiger partial charge in [-0.25, -0.2) is 24.5 Å². The highest BCUT2D eigenvalue weighted by molar-refractivity contribution is 8.00. The van der Waals surface area contributed by atoms with E-state index in [1.54, 1.807) is 44.2 Å². The fourth-order valence-electron chi connectivity index (χ4n) is 7.77. The molecule has 5 N–H and O–H groups in total. The van der Waals surface area contributed by atoms with Gasteiger partial charge in [-0.05, 0) is 30.3 Å². The molecule has 0 spiro atoms. The highest BCUT2D eigenvalue weighted by Gasteiger charge is 2.65. The van der Waals surface area contributed by atoms with E-state index in [4.69, 9.17) is 32.0 Å². The molecule has 2 unspecified atom stereocenters. The number of hydrogen-bond acceptors (Lipinski definition) is 20. The number of fused-ring (bicyclic) bond motifs is 4. The zero-order valence-corrected chi connectivity index (χ0v) is 42.6. The van der Waals surface area contributed by atoms with E-state index < -0.39 is 119 Å². The van der Waals surface area contributed by atoms with Crippen molar-refractivity contribution in [1.29, 1.82) is 5.26 Å². The number of phosphoric ester groups is 1. The lowest BCUT2D eigenvalue weighted by Gasteiger charge is -2.40. The number of anilines is 2. The third kappa shape index (κ3) is 10.2. The summed E-state index contributed by atoms with van der Waals surface area (Å²) in [5.41, 5.74) is -1.57. The lowest BCUT2D eigenvalue weighted by atomic mass is 10.0. The van der Waals surface area contributed by atoms with Crippen LogP contribution in [0.5, 0.6) is 0 Å². The van der Waals surface area contributed by atoms with E-state index in [1.165, 1.54) is 28.1 Å². The number of benzene rings is 1. The van der Waals surface area contributed by atoms with Crippen LogP contribution in [0.4, 0.5) is 11.8 Å². The van der Waals surface area contributed by atoms with Crippen LogP contribution >= 0.6 is 27.8 Å². The van der Waals surface area contributed by atoms with Gasteiger partial charge in [-0.1, -0.05) is 52.8 Å². The first-order chi connectivity index (χ1) is 33.2. The summed E-state index contributed by atoms with van der Waals surface area (Å²) in [5, 5.41) is 23.4. The first kappa shape index (κ1) is 51.4. The second kappa shape index (κ2) is 20.3. The Labute approximate surface area is 406 Å². The van der Waals surface area contributed by atoms with Crippen molar-refractivity contribution in [3.63, 3.8) is 0 Å². The lowest BCUT2D eigenvalue weighted by molar-refractivity contribution is -0.185. The first-order valence-electron chi connectivity index (χ1n) is 22.0. The SMILES string of the molecule is CC(C)C(=O)Nc1nc2c(ncn2[C@@H]2S[C@H](COP(=O)(OCCC#N)O[C@H]3[C@H]4OC[C@]3(CO)O[C@H]4n3cnc4c(NC(=O)c5ccccc5)ncnc43)[C@@H](O[Si](C)(C)C(C)(C)C)[C@H]2O[P+](=O)O)c(=O)[nH]1. The molecule has 3 fully saturated rings. The summed E-state index contributed by atoms with van der Waals surface area (Å²) in [7, 11) is -10.9. The Morgan fingerprint density at radius 1 is 1.09 bits per heavy atom. The molecule has 29 heteroatoms. The number of H-pyrrole nitrogens is 1. The largest absolute Gasteiger partial charge is 0.695 e. The molecule has 70 heavy (non-hydrogen) atoms.